The molecule has 3 aromatic carbocycles. The van der Waals surface area contributed by atoms with Crippen molar-refractivity contribution in [3.8, 4) is 0 Å². The van der Waals surface area contributed by atoms with Crippen LogP contribution in [0.15, 0.2) is 72.8 Å². The third-order valence-corrected chi connectivity index (χ3v) is 12.0. The van der Waals surface area contributed by atoms with E-state index in [1.54, 1.807) is 0 Å². The summed E-state index contributed by atoms with van der Waals surface area (Å²) in [6.45, 7) is 24.6. The zero-order chi connectivity index (χ0) is 34.9. The van der Waals surface area contributed by atoms with Gasteiger partial charge in [0.15, 0.2) is 0 Å². The summed E-state index contributed by atoms with van der Waals surface area (Å²) >= 11 is 0. The van der Waals surface area contributed by atoms with Gasteiger partial charge in [0.2, 0.25) is 0 Å². The van der Waals surface area contributed by atoms with Crippen LogP contribution in [0.4, 0.5) is 0 Å². The monoisotopic (exact) mass is 743 g/mol. The third-order valence-electron chi connectivity index (χ3n) is 9.17. The number of aliphatic hydroxyl groups is 1. The molecule has 2 saturated carbocycles. The van der Waals surface area contributed by atoms with Gasteiger partial charge in [-0.25, -0.2) is 0 Å². The molecule has 0 saturated heterocycles. The first-order chi connectivity index (χ1) is 21.9. The van der Waals surface area contributed by atoms with E-state index >= 15 is 0 Å². The maximum atomic E-state index is 12.0. The third kappa shape index (κ3) is 13.1. The Hall–Kier alpha value is -1.33. The number of benzene rings is 3. The van der Waals surface area contributed by atoms with E-state index in [-0.39, 0.29) is 42.4 Å². The van der Waals surface area contributed by atoms with Crippen LogP contribution in [0.5, 0.6) is 0 Å². The molecule has 0 aliphatic heterocycles. The van der Waals surface area contributed by atoms with E-state index in [4.69, 9.17) is 0 Å². The van der Waals surface area contributed by atoms with Gasteiger partial charge in [0.25, 0.3) is 0 Å². The van der Waals surface area contributed by atoms with Crippen molar-refractivity contribution in [2.24, 2.45) is 0 Å². The molecule has 2 fully saturated rings. The molecule has 0 heterocycles. The van der Waals surface area contributed by atoms with Crippen molar-refractivity contribution in [1.82, 2.24) is 0 Å². The maximum absolute atomic E-state index is 12.0. The van der Waals surface area contributed by atoms with Gasteiger partial charge in [-0.3, -0.25) is 0 Å². The maximum Gasteiger partial charge on any atom is 3.00 e. The first kappa shape index (κ1) is 42.8. The Bertz CT molecular complexity index is 1330. The Morgan fingerprint density at radius 3 is 1.21 bits per heavy atom. The minimum absolute atomic E-state index is 0. The second-order valence-electron chi connectivity index (χ2n) is 17.2. The van der Waals surface area contributed by atoms with E-state index < -0.39 is 13.3 Å². The van der Waals surface area contributed by atoms with Crippen LogP contribution in [0.3, 0.4) is 0 Å². The molecular weight excluding hydrogens is 679 g/mol. The zero-order valence-electron chi connectivity index (χ0n) is 32.4. The molecule has 3 heteroatoms. The average Bonchev–Trinajstić information content (AvgIpc) is 3.76. The second-order valence-corrected chi connectivity index (χ2v) is 19.9. The Balaban J connectivity index is 0.000000617. The van der Waals surface area contributed by atoms with Crippen LogP contribution in [0.25, 0.3) is 5.31 Å². The van der Waals surface area contributed by atoms with E-state index in [0.29, 0.717) is 0 Å². The summed E-state index contributed by atoms with van der Waals surface area (Å²) in [7, 11) is -1.22. The summed E-state index contributed by atoms with van der Waals surface area (Å²) in [4.78, 5) is 0. The van der Waals surface area contributed by atoms with E-state index in [1.165, 1.54) is 86.2 Å². The fourth-order valence-electron chi connectivity index (χ4n) is 6.39. The van der Waals surface area contributed by atoms with Crippen molar-refractivity contribution in [2.75, 3.05) is 0 Å². The van der Waals surface area contributed by atoms with Crippen molar-refractivity contribution in [3.05, 3.63) is 107 Å². The first-order valence-electron chi connectivity index (χ1n) is 18.4. The molecule has 0 bridgehead atoms. The molecular formula is C45H66OPZr+2. The van der Waals surface area contributed by atoms with Crippen LogP contribution in [-0.4, -0.2) is 10.4 Å². The van der Waals surface area contributed by atoms with Crippen LogP contribution >= 0.6 is 7.92 Å². The van der Waals surface area contributed by atoms with Gasteiger partial charge in [-0.1, -0.05) is 186 Å². The minimum atomic E-state index is -1.22. The number of rotatable bonds is 5. The predicted molar refractivity (Wildman–Crippen MR) is 210 cm³/mol. The van der Waals surface area contributed by atoms with E-state index in [9.17, 15) is 5.11 Å². The second kappa shape index (κ2) is 18.8. The van der Waals surface area contributed by atoms with Crippen LogP contribution in [0.1, 0.15) is 168 Å². The molecule has 0 spiro atoms. The largest absolute Gasteiger partial charge is 3.00 e. The van der Waals surface area contributed by atoms with E-state index in [2.05, 4.69) is 135 Å². The molecule has 1 unspecified atom stereocenters. The molecule has 0 amide bonds. The minimum Gasteiger partial charge on any atom is -0.385 e. The molecule has 48 heavy (non-hydrogen) atoms. The average molecular weight is 745 g/mol. The van der Waals surface area contributed by atoms with Gasteiger partial charge in [-0.15, -0.1) is 35.9 Å². The summed E-state index contributed by atoms with van der Waals surface area (Å²) in [6.07, 6.45) is 18.8. The van der Waals surface area contributed by atoms with Crippen molar-refractivity contribution in [2.45, 2.75) is 162 Å². The Labute approximate surface area is 316 Å². The topological polar surface area (TPSA) is 20.2 Å². The standard InChI is InChI=1S/C35H46OP.2C5H10.Zr/c1-32(2,3)27-23-28(33(4,5)6)31(29(24-27)34(7,8)9)37(35(10,11)36)30(26-20-16-13-17-21-26)22-25-18-14-12-15-19-25;2*1-2-4-5-3-1;/h12-21,23-24,36H,1-11H3;2*1-5H2;/q-1;;;+3. The summed E-state index contributed by atoms with van der Waals surface area (Å²) in [5, 5.41) is 13.4. The number of hydrogen-bond acceptors (Lipinski definition) is 1. The van der Waals surface area contributed by atoms with Crippen molar-refractivity contribution in [3.63, 3.8) is 0 Å². The number of hydrogen-bond donors (Lipinski definition) is 1. The Kier molecular flexibility index (Phi) is 16.8. The molecule has 1 atom stereocenters. The first-order valence-corrected chi connectivity index (χ1v) is 19.7. The van der Waals surface area contributed by atoms with Crippen molar-refractivity contribution < 1.29 is 31.3 Å². The fourth-order valence-corrected chi connectivity index (χ4v) is 9.64. The molecule has 2 aliphatic carbocycles. The molecule has 1 radical (unpaired) electrons. The van der Waals surface area contributed by atoms with Crippen molar-refractivity contribution in [1.29, 1.82) is 0 Å². The van der Waals surface area contributed by atoms with Crippen LogP contribution in [-0.2, 0) is 42.4 Å². The van der Waals surface area contributed by atoms with Crippen LogP contribution in [0.2, 0.25) is 0 Å². The van der Waals surface area contributed by atoms with E-state index in [0.717, 1.165) is 16.4 Å². The van der Waals surface area contributed by atoms with Gasteiger partial charge >= 0.3 is 26.2 Å². The molecule has 1 N–H and O–H groups in total. The Morgan fingerprint density at radius 1 is 0.542 bits per heavy atom. The van der Waals surface area contributed by atoms with Gasteiger partial charge in [0.1, 0.15) is 0 Å². The van der Waals surface area contributed by atoms with E-state index in [1.807, 2.05) is 19.9 Å². The normalized spacial score (nSPS) is 16.2. The molecule has 3 aromatic rings. The molecule has 2 aliphatic rings. The van der Waals surface area contributed by atoms with Crippen LogP contribution < -0.4 is 5.30 Å². The SMILES string of the molecule is C1CCCC1.C1CCCC1.CC(C)(C)c1cc(C(C)(C)C)c(P(C(=[C-]c2ccccc2)c2ccccc2)C(C)(C)O)c(C(C)(C)C)c1.[Zr+3]. The van der Waals surface area contributed by atoms with Gasteiger partial charge in [0.05, 0.1) is 5.34 Å². The fraction of sp³-hybridized carbons (Fsp3) is 0.556. The predicted octanol–water partition coefficient (Wildman–Crippen LogP) is 13.2. The van der Waals surface area contributed by atoms with Gasteiger partial charge in [-0.2, -0.15) is 0 Å². The van der Waals surface area contributed by atoms with Gasteiger partial charge < -0.3 is 5.11 Å². The quantitative estimate of drug-likeness (QED) is 0.157. The van der Waals surface area contributed by atoms with Gasteiger partial charge in [-0.05, 0) is 60.0 Å². The molecule has 5 rings (SSSR count). The zero-order valence-corrected chi connectivity index (χ0v) is 35.7. The van der Waals surface area contributed by atoms with Gasteiger partial charge in [0, 0.05) is 0 Å². The molecule has 0 aromatic heterocycles. The summed E-state index contributed by atoms with van der Waals surface area (Å²) in [5.74, 6) is 0. The molecule has 1 nitrogen and oxygen atoms in total. The summed E-state index contributed by atoms with van der Waals surface area (Å²) in [5.41, 5.74) is 5.94. The van der Waals surface area contributed by atoms with Crippen LogP contribution in [0, 0.1) is 6.08 Å². The summed E-state index contributed by atoms with van der Waals surface area (Å²) in [6, 6.07) is 25.7. The Morgan fingerprint density at radius 2 is 0.896 bits per heavy atom. The molecule has 259 valence electrons. The smallest absolute Gasteiger partial charge is 0.385 e. The van der Waals surface area contributed by atoms with Crippen molar-refractivity contribution >= 4 is 18.5 Å². The summed E-state index contributed by atoms with van der Waals surface area (Å²) < 4.78 is 0.